The molecule has 0 saturated heterocycles. The van der Waals surface area contributed by atoms with Gasteiger partial charge < -0.3 is 10.6 Å². The Hall–Kier alpha value is -0.870. The predicted octanol–water partition coefficient (Wildman–Crippen LogP) is 2.00. The smallest absolute Gasteiger partial charge is 0.241 e. The molecule has 0 aliphatic carbocycles. The summed E-state index contributed by atoms with van der Waals surface area (Å²) in [5.74, 6) is -0.0326. The lowest BCUT2D eigenvalue weighted by molar-refractivity contribution is -0.117. The second-order valence-corrected chi connectivity index (χ2v) is 3.92. The minimum atomic E-state index is -0.182. The number of benzene rings is 1. The van der Waals surface area contributed by atoms with E-state index >= 15 is 0 Å². The van der Waals surface area contributed by atoms with Crippen LogP contribution in [0.4, 0.5) is 5.69 Å². The standard InChI is InChI=1S/C10H13BrN2O/c1-7(12-2)10(14)13-9-5-3-8(11)4-6-9/h3-7,12H,1-2H3,(H,13,14)/t7-/m0/s1. The maximum atomic E-state index is 11.4. The van der Waals surface area contributed by atoms with E-state index in [1.54, 1.807) is 7.05 Å². The molecular weight excluding hydrogens is 244 g/mol. The summed E-state index contributed by atoms with van der Waals surface area (Å²) in [6.45, 7) is 1.81. The van der Waals surface area contributed by atoms with Crippen LogP contribution in [0.1, 0.15) is 6.92 Å². The van der Waals surface area contributed by atoms with Crippen LogP contribution in [0, 0.1) is 0 Å². The Labute approximate surface area is 92.0 Å². The van der Waals surface area contributed by atoms with Gasteiger partial charge >= 0.3 is 0 Å². The summed E-state index contributed by atoms with van der Waals surface area (Å²) >= 11 is 3.33. The number of carbonyl (C=O) groups is 1. The van der Waals surface area contributed by atoms with Crippen LogP contribution < -0.4 is 10.6 Å². The van der Waals surface area contributed by atoms with Gasteiger partial charge in [0.2, 0.25) is 5.91 Å². The first-order chi connectivity index (χ1) is 6.63. The number of halogens is 1. The van der Waals surface area contributed by atoms with Crippen LogP contribution in [-0.4, -0.2) is 19.0 Å². The Morgan fingerprint density at radius 2 is 1.93 bits per heavy atom. The maximum absolute atomic E-state index is 11.4. The molecule has 1 rings (SSSR count). The Morgan fingerprint density at radius 3 is 2.43 bits per heavy atom. The molecule has 1 aromatic rings. The molecule has 76 valence electrons. The molecule has 0 unspecified atom stereocenters. The van der Waals surface area contributed by atoms with Crippen molar-refractivity contribution in [2.24, 2.45) is 0 Å². The lowest BCUT2D eigenvalue weighted by atomic mass is 10.3. The average Bonchev–Trinajstić information content (AvgIpc) is 2.20. The van der Waals surface area contributed by atoms with E-state index in [0.717, 1.165) is 10.2 Å². The van der Waals surface area contributed by atoms with E-state index in [4.69, 9.17) is 0 Å². The van der Waals surface area contributed by atoms with Crippen LogP contribution >= 0.6 is 15.9 Å². The molecule has 0 aliphatic heterocycles. The number of amides is 1. The summed E-state index contributed by atoms with van der Waals surface area (Å²) in [6, 6.07) is 7.30. The first kappa shape index (κ1) is 11.2. The number of anilines is 1. The molecule has 0 fully saturated rings. The summed E-state index contributed by atoms with van der Waals surface area (Å²) in [7, 11) is 1.76. The molecule has 1 amide bonds. The molecule has 3 nitrogen and oxygen atoms in total. The van der Waals surface area contributed by atoms with E-state index in [0.29, 0.717) is 0 Å². The van der Waals surface area contributed by atoms with Crippen molar-refractivity contribution in [3.05, 3.63) is 28.7 Å². The van der Waals surface area contributed by atoms with E-state index in [2.05, 4.69) is 26.6 Å². The number of likely N-dealkylation sites (N-methyl/N-ethyl adjacent to an activating group) is 1. The van der Waals surface area contributed by atoms with Gasteiger partial charge in [-0.15, -0.1) is 0 Å². The fraction of sp³-hybridized carbons (Fsp3) is 0.300. The van der Waals surface area contributed by atoms with E-state index in [-0.39, 0.29) is 11.9 Å². The van der Waals surface area contributed by atoms with Crippen molar-refractivity contribution in [1.29, 1.82) is 0 Å². The summed E-state index contributed by atoms with van der Waals surface area (Å²) in [4.78, 5) is 11.4. The van der Waals surface area contributed by atoms with Crippen molar-refractivity contribution in [1.82, 2.24) is 5.32 Å². The highest BCUT2D eigenvalue weighted by molar-refractivity contribution is 9.10. The van der Waals surface area contributed by atoms with Gasteiger partial charge in [-0.05, 0) is 38.2 Å². The van der Waals surface area contributed by atoms with Gasteiger partial charge in [-0.3, -0.25) is 4.79 Å². The number of hydrogen-bond acceptors (Lipinski definition) is 2. The third-order valence-corrected chi connectivity index (χ3v) is 2.47. The van der Waals surface area contributed by atoms with E-state index in [1.165, 1.54) is 0 Å². The van der Waals surface area contributed by atoms with Crippen LogP contribution in [-0.2, 0) is 4.79 Å². The van der Waals surface area contributed by atoms with Crippen molar-refractivity contribution in [3.8, 4) is 0 Å². The first-order valence-electron chi connectivity index (χ1n) is 4.37. The van der Waals surface area contributed by atoms with Gasteiger partial charge in [-0.25, -0.2) is 0 Å². The van der Waals surface area contributed by atoms with Gasteiger partial charge in [-0.2, -0.15) is 0 Å². The number of hydrogen-bond donors (Lipinski definition) is 2. The van der Waals surface area contributed by atoms with Gasteiger partial charge in [0, 0.05) is 10.2 Å². The molecule has 4 heteroatoms. The zero-order valence-electron chi connectivity index (χ0n) is 8.17. The number of rotatable bonds is 3. The second-order valence-electron chi connectivity index (χ2n) is 3.01. The topological polar surface area (TPSA) is 41.1 Å². The van der Waals surface area contributed by atoms with Crippen molar-refractivity contribution in [2.75, 3.05) is 12.4 Å². The molecule has 0 radical (unpaired) electrons. The molecule has 0 spiro atoms. The van der Waals surface area contributed by atoms with Gasteiger partial charge in [0.15, 0.2) is 0 Å². The minimum absolute atomic E-state index is 0.0326. The van der Waals surface area contributed by atoms with Crippen LogP contribution in [0.5, 0.6) is 0 Å². The van der Waals surface area contributed by atoms with Crippen LogP contribution in [0.3, 0.4) is 0 Å². The Bertz CT molecular complexity index is 310. The minimum Gasteiger partial charge on any atom is -0.325 e. The third kappa shape index (κ3) is 3.12. The van der Waals surface area contributed by atoms with Gasteiger partial charge in [0.05, 0.1) is 6.04 Å². The first-order valence-corrected chi connectivity index (χ1v) is 5.16. The molecule has 1 aromatic carbocycles. The van der Waals surface area contributed by atoms with Crippen molar-refractivity contribution in [2.45, 2.75) is 13.0 Å². The number of nitrogens with one attached hydrogen (secondary N) is 2. The third-order valence-electron chi connectivity index (χ3n) is 1.94. The molecule has 0 heterocycles. The zero-order chi connectivity index (χ0) is 10.6. The van der Waals surface area contributed by atoms with E-state index in [9.17, 15) is 4.79 Å². The Balaban J connectivity index is 2.60. The quantitative estimate of drug-likeness (QED) is 0.869. The largest absolute Gasteiger partial charge is 0.325 e. The molecule has 2 N–H and O–H groups in total. The van der Waals surface area contributed by atoms with Crippen LogP contribution in [0.2, 0.25) is 0 Å². The van der Waals surface area contributed by atoms with Crippen molar-refractivity contribution < 1.29 is 4.79 Å². The highest BCUT2D eigenvalue weighted by Gasteiger charge is 2.09. The monoisotopic (exact) mass is 256 g/mol. The van der Waals surface area contributed by atoms with Crippen molar-refractivity contribution >= 4 is 27.5 Å². The summed E-state index contributed by atoms with van der Waals surface area (Å²) in [5.41, 5.74) is 0.806. The summed E-state index contributed by atoms with van der Waals surface area (Å²) in [6.07, 6.45) is 0. The molecule has 1 atom stereocenters. The average molecular weight is 257 g/mol. The highest BCUT2D eigenvalue weighted by Crippen LogP contribution is 2.14. The van der Waals surface area contributed by atoms with E-state index in [1.807, 2.05) is 31.2 Å². The summed E-state index contributed by atoms with van der Waals surface area (Å²) in [5, 5.41) is 5.67. The molecule has 0 aromatic heterocycles. The normalized spacial score (nSPS) is 12.2. The van der Waals surface area contributed by atoms with Crippen LogP contribution in [0.25, 0.3) is 0 Å². The van der Waals surface area contributed by atoms with Gasteiger partial charge in [0.1, 0.15) is 0 Å². The second kappa shape index (κ2) is 5.12. The van der Waals surface area contributed by atoms with Gasteiger partial charge in [0.25, 0.3) is 0 Å². The predicted molar refractivity (Wildman–Crippen MR) is 61.3 cm³/mol. The molecule has 0 saturated carbocycles. The maximum Gasteiger partial charge on any atom is 0.241 e. The lowest BCUT2D eigenvalue weighted by Crippen LogP contribution is -2.35. The lowest BCUT2D eigenvalue weighted by Gasteiger charge is -2.10. The Kier molecular flexibility index (Phi) is 4.10. The summed E-state index contributed by atoms with van der Waals surface area (Å²) < 4.78 is 0.997. The fourth-order valence-electron chi connectivity index (χ4n) is 0.915. The molecule has 0 bridgehead atoms. The zero-order valence-corrected chi connectivity index (χ0v) is 9.76. The van der Waals surface area contributed by atoms with E-state index < -0.39 is 0 Å². The van der Waals surface area contributed by atoms with Crippen LogP contribution in [0.15, 0.2) is 28.7 Å². The molecular formula is C10H13BrN2O. The fourth-order valence-corrected chi connectivity index (χ4v) is 1.18. The molecule has 0 aliphatic rings. The van der Waals surface area contributed by atoms with Gasteiger partial charge in [-0.1, -0.05) is 15.9 Å². The Morgan fingerprint density at radius 1 is 1.36 bits per heavy atom. The van der Waals surface area contributed by atoms with Crippen molar-refractivity contribution in [3.63, 3.8) is 0 Å². The highest BCUT2D eigenvalue weighted by atomic mass is 79.9. The molecule has 14 heavy (non-hydrogen) atoms. The number of carbonyl (C=O) groups excluding carboxylic acids is 1. The SMILES string of the molecule is CN[C@@H](C)C(=O)Nc1ccc(Br)cc1.